The normalized spacial score (nSPS) is 18.5. The van der Waals surface area contributed by atoms with E-state index >= 15 is 0 Å². The van der Waals surface area contributed by atoms with Gasteiger partial charge in [0.25, 0.3) is 0 Å². The first kappa shape index (κ1) is 14.9. The summed E-state index contributed by atoms with van der Waals surface area (Å²) in [7, 11) is 0. The van der Waals surface area contributed by atoms with E-state index in [0.29, 0.717) is 0 Å². The van der Waals surface area contributed by atoms with Crippen LogP contribution in [0.4, 0.5) is 0 Å². The Bertz CT molecular complexity index is 467. The summed E-state index contributed by atoms with van der Waals surface area (Å²) in [5.41, 5.74) is 2.24. The van der Waals surface area contributed by atoms with Crippen molar-refractivity contribution in [3.63, 3.8) is 0 Å². The van der Waals surface area contributed by atoms with Crippen molar-refractivity contribution in [2.75, 3.05) is 13.1 Å². The molecule has 110 valence electrons. The molecule has 1 unspecified atom stereocenters. The Labute approximate surface area is 120 Å². The molecule has 0 saturated carbocycles. The predicted molar refractivity (Wildman–Crippen MR) is 78.0 cm³/mol. The summed E-state index contributed by atoms with van der Waals surface area (Å²) < 4.78 is 0. The molecule has 0 spiro atoms. The van der Waals surface area contributed by atoms with Gasteiger partial charge in [-0.15, -0.1) is 0 Å². The second-order valence-electron chi connectivity index (χ2n) is 5.69. The third-order valence-electron chi connectivity index (χ3n) is 4.07. The Kier molecular flexibility index (Phi) is 4.65. The van der Waals surface area contributed by atoms with Gasteiger partial charge in [-0.05, 0) is 56.5 Å². The minimum atomic E-state index is -0.809. The Hall–Kier alpha value is -1.55. The molecule has 0 bridgehead atoms. The lowest BCUT2D eigenvalue weighted by molar-refractivity contribution is -0.143. The van der Waals surface area contributed by atoms with Gasteiger partial charge >= 0.3 is 5.97 Å². The first-order valence-corrected chi connectivity index (χ1v) is 7.27. The van der Waals surface area contributed by atoms with Crippen molar-refractivity contribution in [1.29, 1.82) is 0 Å². The number of aromatic hydroxyl groups is 1. The molecule has 0 amide bonds. The van der Waals surface area contributed by atoms with Gasteiger partial charge in [0.2, 0.25) is 0 Å². The lowest BCUT2D eigenvalue weighted by Crippen LogP contribution is -2.35. The third-order valence-corrected chi connectivity index (χ3v) is 4.07. The van der Waals surface area contributed by atoms with Crippen molar-refractivity contribution in [3.8, 4) is 5.75 Å². The van der Waals surface area contributed by atoms with E-state index in [2.05, 4.69) is 4.90 Å². The summed E-state index contributed by atoms with van der Waals surface area (Å²) in [6.07, 6.45) is 4.46. The van der Waals surface area contributed by atoms with E-state index in [1.54, 1.807) is 12.1 Å². The van der Waals surface area contributed by atoms with Crippen LogP contribution in [-0.2, 0) is 4.79 Å². The maximum Gasteiger partial charge on any atom is 0.325 e. The summed E-state index contributed by atoms with van der Waals surface area (Å²) >= 11 is 0. The number of nitrogens with zero attached hydrogens (tertiary/aromatic N) is 1. The smallest absolute Gasteiger partial charge is 0.325 e. The van der Waals surface area contributed by atoms with Gasteiger partial charge in [0, 0.05) is 0 Å². The third kappa shape index (κ3) is 3.12. The second kappa shape index (κ2) is 6.27. The SMILES string of the molecule is Cc1cc(C(C(=O)O)N2CCCCCC2)cc(C)c1O. The molecule has 1 aromatic carbocycles. The topological polar surface area (TPSA) is 60.8 Å². The molecule has 4 nitrogen and oxygen atoms in total. The summed E-state index contributed by atoms with van der Waals surface area (Å²) in [6.45, 7) is 5.28. The monoisotopic (exact) mass is 277 g/mol. The van der Waals surface area contributed by atoms with Crippen molar-refractivity contribution in [1.82, 2.24) is 4.90 Å². The maximum absolute atomic E-state index is 11.7. The van der Waals surface area contributed by atoms with E-state index in [1.807, 2.05) is 13.8 Å². The van der Waals surface area contributed by atoms with Gasteiger partial charge in [-0.25, -0.2) is 0 Å². The minimum absolute atomic E-state index is 0.258. The van der Waals surface area contributed by atoms with E-state index in [1.165, 1.54) is 12.8 Å². The Morgan fingerprint density at radius 1 is 1.10 bits per heavy atom. The zero-order chi connectivity index (χ0) is 14.7. The zero-order valence-electron chi connectivity index (χ0n) is 12.2. The van der Waals surface area contributed by atoms with Crippen molar-refractivity contribution >= 4 is 5.97 Å². The largest absolute Gasteiger partial charge is 0.507 e. The predicted octanol–water partition coefficient (Wildman–Crippen LogP) is 3.01. The van der Waals surface area contributed by atoms with E-state index in [4.69, 9.17) is 0 Å². The first-order valence-electron chi connectivity index (χ1n) is 7.27. The molecule has 1 aromatic rings. The Morgan fingerprint density at radius 2 is 1.60 bits per heavy atom. The number of carboxylic acid groups (broad SMARTS) is 1. The van der Waals surface area contributed by atoms with Crippen molar-refractivity contribution in [2.24, 2.45) is 0 Å². The number of rotatable bonds is 3. The molecule has 1 atom stereocenters. The number of hydrogen-bond acceptors (Lipinski definition) is 3. The number of likely N-dealkylation sites (tertiary alicyclic amines) is 1. The lowest BCUT2D eigenvalue weighted by atomic mass is 9.99. The number of phenolic OH excluding ortho intramolecular Hbond substituents is 1. The summed E-state index contributed by atoms with van der Waals surface area (Å²) in [5, 5.41) is 19.5. The Morgan fingerprint density at radius 3 is 2.05 bits per heavy atom. The lowest BCUT2D eigenvalue weighted by Gasteiger charge is -2.28. The summed E-state index contributed by atoms with van der Waals surface area (Å²) in [4.78, 5) is 13.8. The minimum Gasteiger partial charge on any atom is -0.507 e. The fraction of sp³-hybridized carbons (Fsp3) is 0.562. The molecule has 2 N–H and O–H groups in total. The highest BCUT2D eigenvalue weighted by atomic mass is 16.4. The molecule has 1 fully saturated rings. The highest BCUT2D eigenvalue weighted by Crippen LogP contribution is 2.30. The van der Waals surface area contributed by atoms with E-state index in [9.17, 15) is 15.0 Å². The van der Waals surface area contributed by atoms with Gasteiger partial charge in [-0.2, -0.15) is 0 Å². The van der Waals surface area contributed by atoms with Gasteiger partial charge in [0.15, 0.2) is 0 Å². The van der Waals surface area contributed by atoms with Crippen LogP contribution in [0.25, 0.3) is 0 Å². The molecule has 1 aliphatic heterocycles. The van der Waals surface area contributed by atoms with E-state index in [0.717, 1.165) is 42.6 Å². The number of aliphatic carboxylic acids is 1. The molecule has 0 radical (unpaired) electrons. The van der Waals surface area contributed by atoms with Crippen LogP contribution in [-0.4, -0.2) is 34.2 Å². The van der Waals surface area contributed by atoms with Gasteiger partial charge in [-0.1, -0.05) is 25.0 Å². The molecule has 1 aliphatic rings. The molecular formula is C16H23NO3. The van der Waals surface area contributed by atoms with Gasteiger partial charge < -0.3 is 10.2 Å². The molecule has 4 heteroatoms. The quantitative estimate of drug-likeness (QED) is 0.891. The maximum atomic E-state index is 11.7. The van der Waals surface area contributed by atoms with Crippen molar-refractivity contribution in [2.45, 2.75) is 45.6 Å². The number of benzene rings is 1. The van der Waals surface area contributed by atoms with Gasteiger partial charge in [-0.3, -0.25) is 9.69 Å². The van der Waals surface area contributed by atoms with E-state index in [-0.39, 0.29) is 5.75 Å². The van der Waals surface area contributed by atoms with Crippen molar-refractivity contribution in [3.05, 3.63) is 28.8 Å². The molecule has 0 aromatic heterocycles. The molecular weight excluding hydrogens is 254 g/mol. The van der Waals surface area contributed by atoms with E-state index < -0.39 is 12.0 Å². The molecule has 1 heterocycles. The standard InChI is InChI=1S/C16H23NO3/c1-11-9-13(10-12(2)15(11)18)14(16(19)20)17-7-5-3-4-6-8-17/h9-10,14,18H,3-8H2,1-2H3,(H,19,20). The van der Waals surface area contributed by atoms with Gasteiger partial charge in [0.05, 0.1) is 0 Å². The average Bonchev–Trinajstić information content (AvgIpc) is 2.64. The van der Waals surface area contributed by atoms with Crippen LogP contribution >= 0.6 is 0 Å². The van der Waals surface area contributed by atoms with Crippen LogP contribution in [0.15, 0.2) is 12.1 Å². The van der Waals surface area contributed by atoms with Crippen LogP contribution in [0.1, 0.15) is 48.4 Å². The molecule has 2 rings (SSSR count). The number of phenols is 1. The number of aryl methyl sites for hydroxylation is 2. The number of hydrogen-bond donors (Lipinski definition) is 2. The summed E-state index contributed by atoms with van der Waals surface area (Å²) in [5.74, 6) is -0.551. The van der Waals surface area contributed by atoms with Crippen LogP contribution in [0, 0.1) is 13.8 Å². The molecule has 0 aliphatic carbocycles. The van der Waals surface area contributed by atoms with Gasteiger partial charge in [0.1, 0.15) is 11.8 Å². The number of carbonyl (C=O) groups is 1. The van der Waals surface area contributed by atoms with Crippen LogP contribution in [0.5, 0.6) is 5.75 Å². The van der Waals surface area contributed by atoms with Crippen LogP contribution in [0.2, 0.25) is 0 Å². The highest BCUT2D eigenvalue weighted by Gasteiger charge is 2.28. The fourth-order valence-corrected chi connectivity index (χ4v) is 3.01. The van der Waals surface area contributed by atoms with Crippen molar-refractivity contribution < 1.29 is 15.0 Å². The summed E-state index contributed by atoms with van der Waals surface area (Å²) in [6, 6.07) is 2.99. The molecule has 20 heavy (non-hydrogen) atoms. The number of carboxylic acids is 1. The highest BCUT2D eigenvalue weighted by molar-refractivity contribution is 5.76. The molecule has 1 saturated heterocycles. The zero-order valence-corrected chi connectivity index (χ0v) is 12.2. The fourth-order valence-electron chi connectivity index (χ4n) is 3.01. The first-order chi connectivity index (χ1) is 9.50. The Balaban J connectivity index is 2.35. The second-order valence-corrected chi connectivity index (χ2v) is 5.69. The van der Waals surface area contributed by atoms with Crippen LogP contribution < -0.4 is 0 Å². The van der Waals surface area contributed by atoms with Crippen LogP contribution in [0.3, 0.4) is 0 Å². The average molecular weight is 277 g/mol.